The van der Waals surface area contributed by atoms with E-state index in [2.05, 4.69) is 15.2 Å². The van der Waals surface area contributed by atoms with Crippen molar-refractivity contribution in [3.63, 3.8) is 0 Å². The van der Waals surface area contributed by atoms with Crippen LogP contribution in [0.2, 0.25) is 0 Å². The van der Waals surface area contributed by atoms with E-state index in [0.717, 1.165) is 0 Å². The summed E-state index contributed by atoms with van der Waals surface area (Å²) in [5.41, 5.74) is 3.47. The standard InChI is InChI=1S/C22H19N3O6S/c1-31-19-11-9-18(10-12-19)25-32(29,30)20-4-2-3-17(13-20)21(26)24-23-14-15-5-7-16(8-6-15)22(27)28/h2-14,25H,1H3,(H,24,26)(H,27,28)/b23-14-. The zero-order chi connectivity index (χ0) is 23.1. The zero-order valence-electron chi connectivity index (χ0n) is 16.8. The van der Waals surface area contributed by atoms with Crippen molar-refractivity contribution < 1.29 is 27.9 Å². The van der Waals surface area contributed by atoms with Crippen molar-refractivity contribution in [2.45, 2.75) is 4.90 Å². The fraction of sp³-hybridized carbons (Fsp3) is 0.0455. The maximum atomic E-state index is 12.7. The number of nitrogens with one attached hydrogen (secondary N) is 2. The Morgan fingerprint density at radius 1 is 0.969 bits per heavy atom. The SMILES string of the molecule is COc1ccc(NS(=O)(=O)c2cccc(C(=O)N/N=C\c3ccc(C(=O)O)cc3)c2)cc1. The molecule has 0 aliphatic heterocycles. The third-order valence-corrected chi connectivity index (χ3v) is 5.67. The highest BCUT2D eigenvalue weighted by atomic mass is 32.2. The summed E-state index contributed by atoms with van der Waals surface area (Å²) in [6.45, 7) is 0. The molecule has 9 nitrogen and oxygen atoms in total. The number of nitrogens with zero attached hydrogens (tertiary/aromatic N) is 1. The lowest BCUT2D eigenvalue weighted by molar-refractivity contribution is 0.0696. The van der Waals surface area contributed by atoms with E-state index in [4.69, 9.17) is 9.84 Å². The number of anilines is 1. The molecule has 1 amide bonds. The molecule has 0 spiro atoms. The number of carbonyl (C=O) groups excluding carboxylic acids is 1. The Balaban J connectivity index is 1.68. The molecule has 3 aromatic carbocycles. The Labute approximate surface area is 184 Å². The zero-order valence-corrected chi connectivity index (χ0v) is 17.7. The molecule has 0 atom stereocenters. The van der Waals surface area contributed by atoms with Crippen molar-refractivity contribution in [1.29, 1.82) is 0 Å². The monoisotopic (exact) mass is 453 g/mol. The maximum Gasteiger partial charge on any atom is 0.335 e. The van der Waals surface area contributed by atoms with E-state index in [-0.39, 0.29) is 16.0 Å². The molecule has 0 aliphatic rings. The molecule has 0 fully saturated rings. The van der Waals surface area contributed by atoms with Crippen molar-refractivity contribution >= 4 is 33.8 Å². The van der Waals surface area contributed by atoms with Crippen LogP contribution in [0.15, 0.2) is 82.8 Å². The first kappa shape index (κ1) is 22.5. The van der Waals surface area contributed by atoms with Gasteiger partial charge in [0.15, 0.2) is 0 Å². The minimum Gasteiger partial charge on any atom is -0.497 e. The van der Waals surface area contributed by atoms with Gasteiger partial charge in [-0.15, -0.1) is 0 Å². The number of carboxylic acid groups (broad SMARTS) is 1. The molecule has 164 valence electrons. The first-order chi connectivity index (χ1) is 15.3. The number of hydrazone groups is 1. The molecule has 0 aliphatic carbocycles. The summed E-state index contributed by atoms with van der Waals surface area (Å²) in [5.74, 6) is -1.06. The lowest BCUT2D eigenvalue weighted by Crippen LogP contribution is -2.19. The van der Waals surface area contributed by atoms with E-state index in [9.17, 15) is 18.0 Å². The minimum absolute atomic E-state index is 0.0887. The second-order valence-corrected chi connectivity index (χ2v) is 8.17. The molecule has 3 rings (SSSR count). The second kappa shape index (κ2) is 9.75. The molecule has 0 aromatic heterocycles. The van der Waals surface area contributed by atoms with Crippen LogP contribution in [0.1, 0.15) is 26.3 Å². The number of methoxy groups -OCH3 is 1. The van der Waals surface area contributed by atoms with Crippen molar-refractivity contribution in [2.75, 3.05) is 11.8 Å². The third kappa shape index (κ3) is 5.70. The molecule has 0 heterocycles. The van der Waals surface area contributed by atoms with Gasteiger partial charge in [0, 0.05) is 11.3 Å². The normalized spacial score (nSPS) is 11.2. The van der Waals surface area contributed by atoms with Crippen LogP contribution in [-0.2, 0) is 10.0 Å². The number of carboxylic acids is 1. The van der Waals surface area contributed by atoms with Gasteiger partial charge in [-0.05, 0) is 60.2 Å². The Morgan fingerprint density at radius 3 is 2.28 bits per heavy atom. The van der Waals surface area contributed by atoms with E-state index >= 15 is 0 Å². The first-order valence-corrected chi connectivity index (χ1v) is 10.7. The van der Waals surface area contributed by atoms with Gasteiger partial charge < -0.3 is 9.84 Å². The second-order valence-electron chi connectivity index (χ2n) is 6.49. The lowest BCUT2D eigenvalue weighted by atomic mass is 10.1. The fourth-order valence-electron chi connectivity index (χ4n) is 2.62. The summed E-state index contributed by atoms with van der Waals surface area (Å²) in [4.78, 5) is 23.1. The van der Waals surface area contributed by atoms with Gasteiger partial charge in [0.2, 0.25) is 0 Å². The average molecular weight is 453 g/mol. The summed E-state index contributed by atoms with van der Waals surface area (Å²) in [6, 6.07) is 17.8. The summed E-state index contributed by atoms with van der Waals surface area (Å²) >= 11 is 0. The number of carbonyl (C=O) groups is 2. The molecule has 10 heteroatoms. The highest BCUT2D eigenvalue weighted by Crippen LogP contribution is 2.20. The number of hydrogen-bond acceptors (Lipinski definition) is 6. The molecular weight excluding hydrogens is 434 g/mol. The van der Waals surface area contributed by atoms with E-state index in [1.54, 1.807) is 24.3 Å². The Bertz CT molecular complexity index is 1250. The van der Waals surface area contributed by atoms with Crippen molar-refractivity contribution in [3.05, 3.63) is 89.5 Å². The number of ether oxygens (including phenoxy) is 1. The largest absolute Gasteiger partial charge is 0.497 e. The number of benzene rings is 3. The quantitative estimate of drug-likeness (QED) is 0.355. The Kier molecular flexibility index (Phi) is 6.86. The molecule has 0 saturated heterocycles. The van der Waals surface area contributed by atoms with Gasteiger partial charge in [0.05, 0.1) is 23.8 Å². The van der Waals surface area contributed by atoms with Crippen molar-refractivity contribution in [1.82, 2.24) is 5.43 Å². The summed E-state index contributed by atoms with van der Waals surface area (Å²) in [6.07, 6.45) is 1.34. The topological polar surface area (TPSA) is 134 Å². The van der Waals surface area contributed by atoms with Gasteiger partial charge >= 0.3 is 5.97 Å². The van der Waals surface area contributed by atoms with Gasteiger partial charge in [-0.3, -0.25) is 9.52 Å². The van der Waals surface area contributed by atoms with Gasteiger partial charge in [-0.25, -0.2) is 18.6 Å². The van der Waals surface area contributed by atoms with E-state index in [1.165, 1.54) is 61.9 Å². The van der Waals surface area contributed by atoms with Crippen LogP contribution in [0.25, 0.3) is 0 Å². The van der Waals surface area contributed by atoms with Gasteiger partial charge in [0.1, 0.15) is 5.75 Å². The predicted octanol–water partition coefficient (Wildman–Crippen LogP) is 2.96. The molecule has 3 aromatic rings. The molecule has 32 heavy (non-hydrogen) atoms. The van der Waals surface area contributed by atoms with Gasteiger partial charge in [-0.2, -0.15) is 5.10 Å². The van der Waals surface area contributed by atoms with Crippen LogP contribution in [0, 0.1) is 0 Å². The van der Waals surface area contributed by atoms with Gasteiger partial charge in [0.25, 0.3) is 15.9 Å². The number of aromatic carboxylic acids is 1. The molecule has 0 radical (unpaired) electrons. The van der Waals surface area contributed by atoms with Crippen molar-refractivity contribution in [3.8, 4) is 5.75 Å². The average Bonchev–Trinajstić information content (AvgIpc) is 2.79. The number of rotatable bonds is 8. The summed E-state index contributed by atoms with van der Waals surface area (Å²) in [5, 5.41) is 12.7. The highest BCUT2D eigenvalue weighted by molar-refractivity contribution is 7.92. The Morgan fingerprint density at radius 2 is 1.66 bits per heavy atom. The van der Waals surface area contributed by atoms with Crippen molar-refractivity contribution in [2.24, 2.45) is 5.10 Å². The van der Waals surface area contributed by atoms with Crippen LogP contribution in [-0.4, -0.2) is 38.7 Å². The maximum absolute atomic E-state index is 12.7. The number of amides is 1. The van der Waals surface area contributed by atoms with Gasteiger partial charge in [-0.1, -0.05) is 18.2 Å². The van der Waals surface area contributed by atoms with Crippen LogP contribution < -0.4 is 14.9 Å². The molecule has 0 bridgehead atoms. The highest BCUT2D eigenvalue weighted by Gasteiger charge is 2.16. The first-order valence-electron chi connectivity index (χ1n) is 9.22. The van der Waals surface area contributed by atoms with Crippen LogP contribution >= 0.6 is 0 Å². The smallest absolute Gasteiger partial charge is 0.335 e. The van der Waals surface area contributed by atoms with E-state index in [1.807, 2.05) is 0 Å². The summed E-state index contributed by atoms with van der Waals surface area (Å²) in [7, 11) is -2.41. The lowest BCUT2D eigenvalue weighted by Gasteiger charge is -2.09. The minimum atomic E-state index is -3.92. The summed E-state index contributed by atoms with van der Waals surface area (Å²) < 4.78 is 32.8. The van der Waals surface area contributed by atoms with E-state index < -0.39 is 21.9 Å². The van der Waals surface area contributed by atoms with E-state index in [0.29, 0.717) is 17.0 Å². The Hall–Kier alpha value is -4.18. The third-order valence-electron chi connectivity index (χ3n) is 4.29. The molecule has 3 N–H and O–H groups in total. The molecule has 0 saturated carbocycles. The molecular formula is C22H19N3O6S. The fourth-order valence-corrected chi connectivity index (χ4v) is 3.72. The predicted molar refractivity (Wildman–Crippen MR) is 119 cm³/mol. The number of hydrogen-bond donors (Lipinski definition) is 3. The number of sulfonamides is 1. The van der Waals surface area contributed by atoms with Crippen LogP contribution in [0.3, 0.4) is 0 Å². The van der Waals surface area contributed by atoms with Crippen LogP contribution in [0.4, 0.5) is 5.69 Å². The van der Waals surface area contributed by atoms with Crippen LogP contribution in [0.5, 0.6) is 5.75 Å². The molecule has 0 unspecified atom stereocenters.